The Kier molecular flexibility index (Phi) is 3.72. The number of hydrogen-bond donors (Lipinski definition) is 2. The highest BCUT2D eigenvalue weighted by Crippen LogP contribution is 2.27. The molecule has 0 aromatic heterocycles. The molecular weight excluding hydrogens is 308 g/mol. The number of halogens is 1. The van der Waals surface area contributed by atoms with Crippen molar-refractivity contribution in [3.8, 4) is 5.75 Å². The Morgan fingerprint density at radius 1 is 1.47 bits per heavy atom. The van der Waals surface area contributed by atoms with Crippen molar-refractivity contribution >= 4 is 26.0 Å². The summed E-state index contributed by atoms with van der Waals surface area (Å²) in [5.74, 6) is 0.606. The van der Waals surface area contributed by atoms with E-state index in [-0.39, 0.29) is 10.9 Å². The summed E-state index contributed by atoms with van der Waals surface area (Å²) in [6, 6.07) is 4.67. The summed E-state index contributed by atoms with van der Waals surface area (Å²) in [7, 11) is -1.91. The minimum absolute atomic E-state index is 0.0131. The topological polar surface area (TPSA) is 67.4 Å². The van der Waals surface area contributed by atoms with Gasteiger partial charge in [-0.2, -0.15) is 0 Å². The summed E-state index contributed by atoms with van der Waals surface area (Å²) in [5, 5.41) is 3.01. The quantitative estimate of drug-likeness (QED) is 0.857. The zero-order chi connectivity index (χ0) is 12.5. The lowest BCUT2D eigenvalue weighted by molar-refractivity contribution is 0.409. The van der Waals surface area contributed by atoms with E-state index < -0.39 is 10.0 Å². The van der Waals surface area contributed by atoms with Gasteiger partial charge in [0.25, 0.3) is 0 Å². The molecule has 2 N–H and O–H groups in total. The number of ether oxygens (including phenoxy) is 1. The van der Waals surface area contributed by atoms with Crippen LogP contribution >= 0.6 is 15.9 Å². The zero-order valence-corrected chi connectivity index (χ0v) is 11.6. The normalized spacial score (nSPS) is 16.6. The van der Waals surface area contributed by atoms with Gasteiger partial charge in [-0.1, -0.05) is 0 Å². The average Bonchev–Trinajstić information content (AvgIpc) is 2.23. The molecule has 1 aliphatic rings. The minimum atomic E-state index is -3.44. The van der Waals surface area contributed by atoms with Crippen LogP contribution in [-0.4, -0.2) is 34.7 Å². The maximum absolute atomic E-state index is 12.0. The van der Waals surface area contributed by atoms with Crippen LogP contribution in [0.1, 0.15) is 0 Å². The van der Waals surface area contributed by atoms with E-state index in [2.05, 4.69) is 26.0 Å². The Balaban J connectivity index is 2.23. The van der Waals surface area contributed by atoms with Crippen LogP contribution in [0.5, 0.6) is 5.75 Å². The van der Waals surface area contributed by atoms with Gasteiger partial charge in [-0.05, 0) is 34.1 Å². The van der Waals surface area contributed by atoms with Crippen molar-refractivity contribution in [2.24, 2.45) is 0 Å². The van der Waals surface area contributed by atoms with Gasteiger partial charge in [-0.15, -0.1) is 0 Å². The molecule has 0 atom stereocenters. The molecule has 1 saturated heterocycles. The van der Waals surface area contributed by atoms with Gasteiger partial charge >= 0.3 is 0 Å². The predicted molar refractivity (Wildman–Crippen MR) is 67.7 cm³/mol. The molecule has 0 unspecified atom stereocenters. The van der Waals surface area contributed by atoms with Crippen molar-refractivity contribution in [2.75, 3.05) is 20.2 Å². The number of methoxy groups -OCH3 is 1. The molecule has 0 spiro atoms. The third-order valence-corrected chi connectivity index (χ3v) is 4.67. The second kappa shape index (κ2) is 4.93. The summed E-state index contributed by atoms with van der Waals surface area (Å²) in [5.41, 5.74) is 0. The van der Waals surface area contributed by atoms with E-state index >= 15 is 0 Å². The molecule has 1 aromatic carbocycles. The molecule has 0 aliphatic carbocycles. The molecule has 1 heterocycles. The van der Waals surface area contributed by atoms with Crippen LogP contribution in [0.4, 0.5) is 0 Å². The molecule has 1 aromatic rings. The molecule has 0 radical (unpaired) electrons. The smallest absolute Gasteiger partial charge is 0.240 e. The van der Waals surface area contributed by atoms with Gasteiger partial charge in [-0.3, -0.25) is 0 Å². The number of nitrogens with one attached hydrogen (secondary N) is 2. The van der Waals surface area contributed by atoms with Crippen molar-refractivity contribution in [3.05, 3.63) is 22.7 Å². The van der Waals surface area contributed by atoms with E-state index in [1.165, 1.54) is 19.2 Å². The largest absolute Gasteiger partial charge is 0.496 e. The van der Waals surface area contributed by atoms with Crippen molar-refractivity contribution in [2.45, 2.75) is 10.9 Å². The second-order valence-corrected chi connectivity index (χ2v) is 6.34. The van der Waals surface area contributed by atoms with Gasteiger partial charge in [0.1, 0.15) is 5.75 Å². The van der Waals surface area contributed by atoms with Crippen molar-refractivity contribution < 1.29 is 13.2 Å². The summed E-state index contributed by atoms with van der Waals surface area (Å²) < 4.78 is 32.3. The van der Waals surface area contributed by atoms with Crippen LogP contribution in [0.3, 0.4) is 0 Å². The highest BCUT2D eigenvalue weighted by Gasteiger charge is 2.24. The van der Waals surface area contributed by atoms with Crippen LogP contribution in [0.25, 0.3) is 0 Å². The van der Waals surface area contributed by atoms with Crippen LogP contribution < -0.4 is 14.8 Å². The van der Waals surface area contributed by atoms with E-state index in [1.807, 2.05) is 0 Å². The first-order chi connectivity index (χ1) is 8.03. The highest BCUT2D eigenvalue weighted by molar-refractivity contribution is 9.10. The number of rotatable bonds is 4. The van der Waals surface area contributed by atoms with Crippen molar-refractivity contribution in [1.29, 1.82) is 0 Å². The summed E-state index contributed by atoms with van der Waals surface area (Å²) in [6.07, 6.45) is 0. The fraction of sp³-hybridized carbons (Fsp3) is 0.400. The number of hydrogen-bond acceptors (Lipinski definition) is 4. The van der Waals surface area contributed by atoms with E-state index in [9.17, 15) is 8.42 Å². The standard InChI is InChI=1S/C10H13BrN2O3S/c1-16-10-3-2-8(4-9(10)11)17(14,15)13-7-5-12-6-7/h2-4,7,12-13H,5-6H2,1H3. The molecule has 0 amide bonds. The lowest BCUT2D eigenvalue weighted by atomic mass is 10.2. The first-order valence-corrected chi connectivity index (χ1v) is 7.37. The van der Waals surface area contributed by atoms with Crippen molar-refractivity contribution in [1.82, 2.24) is 10.0 Å². The Hall–Kier alpha value is -0.630. The molecule has 17 heavy (non-hydrogen) atoms. The molecule has 5 nitrogen and oxygen atoms in total. The molecule has 7 heteroatoms. The summed E-state index contributed by atoms with van der Waals surface area (Å²) in [6.45, 7) is 1.35. The highest BCUT2D eigenvalue weighted by atomic mass is 79.9. The monoisotopic (exact) mass is 320 g/mol. The fourth-order valence-electron chi connectivity index (χ4n) is 1.47. The zero-order valence-electron chi connectivity index (χ0n) is 9.23. The van der Waals surface area contributed by atoms with Gasteiger partial charge in [0.05, 0.1) is 16.5 Å². The van der Waals surface area contributed by atoms with Crippen molar-refractivity contribution in [3.63, 3.8) is 0 Å². The lowest BCUT2D eigenvalue weighted by Gasteiger charge is -2.27. The first kappa shape index (κ1) is 12.8. The first-order valence-electron chi connectivity index (χ1n) is 5.09. The van der Waals surface area contributed by atoms with Gasteiger partial charge in [0, 0.05) is 19.1 Å². The van der Waals surface area contributed by atoms with E-state index in [1.54, 1.807) is 6.07 Å². The Bertz CT molecular complexity index is 514. The molecule has 1 fully saturated rings. The van der Waals surface area contributed by atoms with E-state index in [0.29, 0.717) is 23.3 Å². The van der Waals surface area contributed by atoms with Crippen LogP contribution in [0.2, 0.25) is 0 Å². The Morgan fingerprint density at radius 3 is 2.65 bits per heavy atom. The second-order valence-electron chi connectivity index (χ2n) is 3.77. The van der Waals surface area contributed by atoms with Crippen LogP contribution in [0, 0.1) is 0 Å². The number of benzene rings is 1. The SMILES string of the molecule is COc1ccc(S(=O)(=O)NC2CNC2)cc1Br. The minimum Gasteiger partial charge on any atom is -0.496 e. The third kappa shape index (κ3) is 2.79. The summed E-state index contributed by atoms with van der Waals surface area (Å²) in [4.78, 5) is 0.233. The van der Waals surface area contributed by atoms with Gasteiger partial charge < -0.3 is 10.1 Å². The van der Waals surface area contributed by atoms with E-state index in [4.69, 9.17) is 4.74 Å². The fourth-order valence-corrected chi connectivity index (χ4v) is 3.43. The maximum Gasteiger partial charge on any atom is 0.240 e. The molecular formula is C10H13BrN2O3S. The summed E-state index contributed by atoms with van der Waals surface area (Å²) >= 11 is 3.27. The Morgan fingerprint density at radius 2 is 2.18 bits per heavy atom. The predicted octanol–water partition coefficient (Wildman–Crippen LogP) is 0.708. The third-order valence-electron chi connectivity index (χ3n) is 2.54. The maximum atomic E-state index is 12.0. The Labute approximate surface area is 109 Å². The van der Waals surface area contributed by atoms with Crippen LogP contribution in [0.15, 0.2) is 27.6 Å². The van der Waals surface area contributed by atoms with Gasteiger partial charge in [0.15, 0.2) is 0 Å². The molecule has 0 bridgehead atoms. The lowest BCUT2D eigenvalue weighted by Crippen LogP contribution is -2.56. The van der Waals surface area contributed by atoms with Gasteiger partial charge in [0.2, 0.25) is 10.0 Å². The average molecular weight is 321 g/mol. The molecule has 2 rings (SSSR count). The molecule has 0 saturated carbocycles. The van der Waals surface area contributed by atoms with Gasteiger partial charge in [-0.25, -0.2) is 13.1 Å². The van der Waals surface area contributed by atoms with Crippen LogP contribution in [-0.2, 0) is 10.0 Å². The van der Waals surface area contributed by atoms with E-state index in [0.717, 1.165) is 0 Å². The molecule has 1 aliphatic heterocycles. The number of sulfonamides is 1. The molecule has 94 valence electrons.